The van der Waals surface area contributed by atoms with Gasteiger partial charge in [0, 0.05) is 17.4 Å². The Morgan fingerprint density at radius 1 is 1.60 bits per heavy atom. The van der Waals surface area contributed by atoms with Crippen molar-refractivity contribution < 1.29 is 18.0 Å². The van der Waals surface area contributed by atoms with Gasteiger partial charge in [-0.3, -0.25) is 14.3 Å². The standard InChI is InChI=1S/C11H18N2O4S3/c1-3-4-20(16,17)12-10(14)9-6-19-7-13(9)11(15)8(2)5-18/h3,8-9,18H,1,4-7H2,2H3,(H,12,14)/t8-,9?/m1/s1. The molecule has 2 amide bonds. The molecular formula is C11H18N2O4S3. The van der Waals surface area contributed by atoms with Gasteiger partial charge in [0.2, 0.25) is 15.9 Å². The lowest BCUT2D eigenvalue weighted by Crippen LogP contribution is -2.50. The average Bonchev–Trinajstić information content (AvgIpc) is 2.85. The summed E-state index contributed by atoms with van der Waals surface area (Å²) < 4.78 is 25.1. The van der Waals surface area contributed by atoms with Gasteiger partial charge in [0.25, 0.3) is 5.91 Å². The largest absolute Gasteiger partial charge is 0.320 e. The second kappa shape index (κ2) is 7.37. The van der Waals surface area contributed by atoms with Crippen LogP contribution in [-0.4, -0.2) is 54.3 Å². The van der Waals surface area contributed by atoms with Crippen LogP contribution in [0, 0.1) is 5.92 Å². The molecule has 1 N–H and O–H groups in total. The fourth-order valence-electron chi connectivity index (χ4n) is 1.66. The zero-order chi connectivity index (χ0) is 15.3. The number of thioether (sulfide) groups is 1. The maximum atomic E-state index is 12.1. The maximum Gasteiger partial charge on any atom is 0.257 e. The van der Waals surface area contributed by atoms with Gasteiger partial charge in [-0.15, -0.1) is 18.3 Å². The molecule has 9 heteroatoms. The Morgan fingerprint density at radius 3 is 2.80 bits per heavy atom. The van der Waals surface area contributed by atoms with Crippen LogP contribution in [0.1, 0.15) is 6.92 Å². The van der Waals surface area contributed by atoms with Crippen molar-refractivity contribution in [3.05, 3.63) is 12.7 Å². The Morgan fingerprint density at radius 2 is 2.25 bits per heavy atom. The third-order valence-corrected chi connectivity index (χ3v) is 5.50. The van der Waals surface area contributed by atoms with Gasteiger partial charge in [0.1, 0.15) is 6.04 Å². The van der Waals surface area contributed by atoms with E-state index in [9.17, 15) is 18.0 Å². The van der Waals surface area contributed by atoms with Crippen molar-refractivity contribution in [2.24, 2.45) is 5.92 Å². The number of carbonyl (C=O) groups is 2. The predicted molar refractivity (Wildman–Crippen MR) is 83.1 cm³/mol. The Labute approximate surface area is 128 Å². The fraction of sp³-hybridized carbons (Fsp3) is 0.636. The first kappa shape index (κ1) is 17.4. The Hall–Kier alpha value is -0.670. The molecule has 0 bridgehead atoms. The number of sulfonamides is 1. The fourth-order valence-corrected chi connectivity index (χ4v) is 3.81. The molecule has 1 aliphatic rings. The minimum absolute atomic E-state index is 0.189. The summed E-state index contributed by atoms with van der Waals surface area (Å²) in [7, 11) is -3.72. The summed E-state index contributed by atoms with van der Waals surface area (Å²) >= 11 is 5.48. The third-order valence-electron chi connectivity index (χ3n) is 2.76. The number of thiol groups is 1. The van der Waals surface area contributed by atoms with Crippen LogP contribution in [-0.2, 0) is 19.6 Å². The van der Waals surface area contributed by atoms with E-state index in [1.165, 1.54) is 22.7 Å². The van der Waals surface area contributed by atoms with E-state index in [-0.39, 0.29) is 17.6 Å². The summed E-state index contributed by atoms with van der Waals surface area (Å²) in [4.78, 5) is 25.5. The molecule has 1 aliphatic heterocycles. The zero-order valence-corrected chi connectivity index (χ0v) is 13.6. The van der Waals surface area contributed by atoms with Crippen molar-refractivity contribution in [2.75, 3.05) is 23.1 Å². The highest BCUT2D eigenvalue weighted by molar-refractivity contribution is 7.99. The zero-order valence-electron chi connectivity index (χ0n) is 11.1. The minimum Gasteiger partial charge on any atom is -0.320 e. The number of amides is 2. The van der Waals surface area contributed by atoms with E-state index in [0.717, 1.165) is 0 Å². The second-order valence-electron chi connectivity index (χ2n) is 4.44. The van der Waals surface area contributed by atoms with E-state index in [0.29, 0.717) is 17.4 Å². The molecule has 1 unspecified atom stereocenters. The second-order valence-corrected chi connectivity index (χ2v) is 7.58. The average molecular weight is 338 g/mol. The van der Waals surface area contributed by atoms with Crippen LogP contribution in [0.4, 0.5) is 0 Å². The van der Waals surface area contributed by atoms with Gasteiger partial charge in [-0.2, -0.15) is 12.6 Å². The maximum absolute atomic E-state index is 12.1. The normalized spacial score (nSPS) is 20.5. The van der Waals surface area contributed by atoms with Crippen LogP contribution < -0.4 is 4.72 Å². The van der Waals surface area contributed by atoms with E-state index in [4.69, 9.17) is 0 Å². The Balaban J connectivity index is 2.77. The molecule has 1 fully saturated rings. The van der Waals surface area contributed by atoms with Gasteiger partial charge < -0.3 is 4.90 Å². The van der Waals surface area contributed by atoms with Gasteiger partial charge in [0.05, 0.1) is 11.6 Å². The van der Waals surface area contributed by atoms with Gasteiger partial charge >= 0.3 is 0 Å². The first-order valence-corrected chi connectivity index (χ1v) is 9.40. The Bertz CT molecular complexity index is 492. The molecule has 0 radical (unpaired) electrons. The highest BCUT2D eigenvalue weighted by atomic mass is 32.2. The van der Waals surface area contributed by atoms with Gasteiger partial charge in [-0.1, -0.05) is 13.0 Å². The lowest BCUT2D eigenvalue weighted by atomic mass is 10.1. The van der Waals surface area contributed by atoms with Crippen molar-refractivity contribution in [1.82, 2.24) is 9.62 Å². The first-order chi connectivity index (χ1) is 9.32. The summed E-state index contributed by atoms with van der Waals surface area (Å²) in [6, 6.07) is -0.755. The molecule has 0 aliphatic carbocycles. The summed E-state index contributed by atoms with van der Waals surface area (Å²) in [5.41, 5.74) is 0. The summed E-state index contributed by atoms with van der Waals surface area (Å²) in [6.07, 6.45) is 1.20. The van der Waals surface area contributed by atoms with Crippen molar-refractivity contribution >= 4 is 46.2 Å². The molecule has 0 spiro atoms. The van der Waals surface area contributed by atoms with Crippen LogP contribution in [0.3, 0.4) is 0 Å². The van der Waals surface area contributed by atoms with Crippen molar-refractivity contribution in [3.63, 3.8) is 0 Å². The van der Waals surface area contributed by atoms with E-state index in [1.807, 2.05) is 4.72 Å². The summed E-state index contributed by atoms with van der Waals surface area (Å²) in [5, 5.41) is 0. The van der Waals surface area contributed by atoms with Crippen LogP contribution in [0.15, 0.2) is 12.7 Å². The monoisotopic (exact) mass is 338 g/mol. The molecule has 0 saturated carbocycles. The first-order valence-electron chi connectivity index (χ1n) is 5.96. The SMILES string of the molecule is C=CCS(=O)(=O)NC(=O)C1CSCN1C(=O)[C@H](C)CS. The van der Waals surface area contributed by atoms with Crippen molar-refractivity contribution in [1.29, 1.82) is 0 Å². The number of hydrogen-bond donors (Lipinski definition) is 2. The van der Waals surface area contributed by atoms with Crippen LogP contribution >= 0.6 is 24.4 Å². The topological polar surface area (TPSA) is 83.6 Å². The van der Waals surface area contributed by atoms with Crippen LogP contribution in [0.2, 0.25) is 0 Å². The molecule has 0 aromatic carbocycles. The molecule has 114 valence electrons. The lowest BCUT2D eigenvalue weighted by molar-refractivity contribution is -0.139. The number of carbonyl (C=O) groups excluding carboxylic acids is 2. The third kappa shape index (κ3) is 4.42. The van der Waals surface area contributed by atoms with Gasteiger partial charge in [-0.05, 0) is 0 Å². The van der Waals surface area contributed by atoms with Crippen molar-refractivity contribution in [2.45, 2.75) is 13.0 Å². The number of rotatable bonds is 6. The van der Waals surface area contributed by atoms with Crippen LogP contribution in [0.5, 0.6) is 0 Å². The van der Waals surface area contributed by atoms with Crippen LogP contribution in [0.25, 0.3) is 0 Å². The number of hydrogen-bond acceptors (Lipinski definition) is 6. The summed E-state index contributed by atoms with van der Waals surface area (Å²) in [5.74, 6) is -0.348. The molecule has 6 nitrogen and oxygen atoms in total. The molecule has 0 aromatic rings. The predicted octanol–water partition coefficient (Wildman–Crippen LogP) is 0.0858. The molecule has 1 saturated heterocycles. The number of nitrogens with one attached hydrogen (secondary N) is 1. The van der Waals surface area contributed by atoms with E-state index >= 15 is 0 Å². The Kier molecular flexibility index (Phi) is 6.41. The highest BCUT2D eigenvalue weighted by Gasteiger charge is 2.37. The molecule has 1 heterocycles. The van der Waals surface area contributed by atoms with E-state index in [1.54, 1.807) is 6.92 Å². The van der Waals surface area contributed by atoms with E-state index < -0.39 is 22.0 Å². The van der Waals surface area contributed by atoms with Gasteiger partial charge in [-0.25, -0.2) is 8.42 Å². The van der Waals surface area contributed by atoms with E-state index in [2.05, 4.69) is 19.2 Å². The van der Waals surface area contributed by atoms with Gasteiger partial charge in [0.15, 0.2) is 0 Å². The molecular weight excluding hydrogens is 320 g/mol. The minimum atomic E-state index is -3.72. The highest BCUT2D eigenvalue weighted by Crippen LogP contribution is 2.23. The summed E-state index contributed by atoms with van der Waals surface area (Å²) in [6.45, 7) is 5.04. The lowest BCUT2D eigenvalue weighted by Gasteiger charge is -2.25. The molecule has 0 aromatic heterocycles. The van der Waals surface area contributed by atoms with Crippen molar-refractivity contribution in [3.8, 4) is 0 Å². The smallest absolute Gasteiger partial charge is 0.257 e. The molecule has 20 heavy (non-hydrogen) atoms. The number of nitrogens with zero attached hydrogens (tertiary/aromatic N) is 1. The molecule has 1 rings (SSSR count). The molecule has 2 atom stereocenters. The quantitative estimate of drug-likeness (QED) is 0.530.